The molecule has 0 aliphatic carbocycles. The molecular weight excluding hydrogens is 174 g/mol. The van der Waals surface area contributed by atoms with Crippen LogP contribution >= 0.6 is 0 Å². The van der Waals surface area contributed by atoms with Crippen molar-refractivity contribution in [1.29, 1.82) is 0 Å². The van der Waals surface area contributed by atoms with Gasteiger partial charge in [0.1, 0.15) is 0 Å². The minimum absolute atomic E-state index is 0.911. The molecule has 74 valence electrons. The molecule has 0 saturated carbocycles. The monoisotopic (exact) mass is 189 g/mol. The number of anilines is 1. The molecule has 0 aliphatic heterocycles. The molecule has 3 nitrogen and oxygen atoms in total. The second-order valence-corrected chi connectivity index (χ2v) is 3.62. The smallest absolute Gasteiger partial charge is 0.203 e. The minimum Gasteiger partial charge on any atom is -0.359 e. The second-order valence-electron chi connectivity index (χ2n) is 3.62. The van der Waals surface area contributed by atoms with E-state index in [1.165, 1.54) is 16.6 Å². The molecular formula is C11H15N3. The van der Waals surface area contributed by atoms with Gasteiger partial charge >= 0.3 is 0 Å². The van der Waals surface area contributed by atoms with Crippen LogP contribution in [0.4, 0.5) is 5.95 Å². The van der Waals surface area contributed by atoms with Crippen molar-refractivity contribution in [3.63, 3.8) is 0 Å². The Morgan fingerprint density at radius 3 is 2.64 bits per heavy atom. The molecule has 0 saturated heterocycles. The van der Waals surface area contributed by atoms with Crippen LogP contribution in [0.2, 0.25) is 0 Å². The maximum absolute atomic E-state index is 4.54. The van der Waals surface area contributed by atoms with Gasteiger partial charge in [0.05, 0.1) is 11.0 Å². The molecule has 0 fully saturated rings. The van der Waals surface area contributed by atoms with Crippen LogP contribution in [-0.2, 0) is 7.05 Å². The van der Waals surface area contributed by atoms with Crippen molar-refractivity contribution in [1.82, 2.24) is 9.55 Å². The van der Waals surface area contributed by atoms with E-state index in [4.69, 9.17) is 0 Å². The number of hydrogen-bond donors (Lipinski definition) is 1. The zero-order chi connectivity index (χ0) is 10.3. The molecule has 0 aliphatic rings. The number of rotatable bonds is 1. The Labute approximate surface area is 83.8 Å². The highest BCUT2D eigenvalue weighted by Crippen LogP contribution is 2.23. The number of nitrogens with one attached hydrogen (secondary N) is 1. The molecule has 0 unspecified atom stereocenters. The van der Waals surface area contributed by atoms with Crippen molar-refractivity contribution in [2.24, 2.45) is 7.05 Å². The third-order valence-corrected chi connectivity index (χ3v) is 2.80. The van der Waals surface area contributed by atoms with Crippen LogP contribution in [0.25, 0.3) is 11.0 Å². The lowest BCUT2D eigenvalue weighted by Gasteiger charge is -2.01. The predicted molar refractivity (Wildman–Crippen MR) is 59.7 cm³/mol. The summed E-state index contributed by atoms with van der Waals surface area (Å²) >= 11 is 0. The van der Waals surface area contributed by atoms with E-state index in [0.29, 0.717) is 0 Å². The third kappa shape index (κ3) is 1.09. The number of benzene rings is 1. The van der Waals surface area contributed by atoms with Crippen molar-refractivity contribution in [3.05, 3.63) is 23.3 Å². The van der Waals surface area contributed by atoms with Gasteiger partial charge < -0.3 is 9.88 Å². The fraction of sp³-hybridized carbons (Fsp3) is 0.364. The zero-order valence-corrected chi connectivity index (χ0v) is 9.05. The summed E-state index contributed by atoms with van der Waals surface area (Å²) in [5.74, 6) is 0.911. The van der Waals surface area contributed by atoms with E-state index in [2.05, 4.69) is 40.8 Å². The van der Waals surface area contributed by atoms with Crippen LogP contribution in [0, 0.1) is 13.8 Å². The molecule has 1 N–H and O–H groups in total. The summed E-state index contributed by atoms with van der Waals surface area (Å²) in [5, 5.41) is 3.08. The fourth-order valence-electron chi connectivity index (χ4n) is 1.72. The molecule has 2 rings (SSSR count). The predicted octanol–water partition coefficient (Wildman–Crippen LogP) is 2.23. The molecule has 2 aromatic rings. The summed E-state index contributed by atoms with van der Waals surface area (Å²) in [6.07, 6.45) is 0. The number of fused-ring (bicyclic) bond motifs is 1. The SMILES string of the molecule is CNc1nc2c(C)c(C)ccc2n1C. The van der Waals surface area contributed by atoms with Crippen molar-refractivity contribution < 1.29 is 0 Å². The summed E-state index contributed by atoms with van der Waals surface area (Å²) in [5.41, 5.74) is 4.83. The molecule has 1 aromatic carbocycles. The Bertz CT molecular complexity index is 483. The quantitative estimate of drug-likeness (QED) is 0.745. The van der Waals surface area contributed by atoms with E-state index in [1.54, 1.807) is 0 Å². The molecule has 0 bridgehead atoms. The van der Waals surface area contributed by atoms with Gasteiger partial charge in [-0.2, -0.15) is 0 Å². The summed E-state index contributed by atoms with van der Waals surface area (Å²) in [6.45, 7) is 4.23. The van der Waals surface area contributed by atoms with E-state index >= 15 is 0 Å². The fourth-order valence-corrected chi connectivity index (χ4v) is 1.72. The number of aromatic nitrogens is 2. The topological polar surface area (TPSA) is 29.9 Å². The van der Waals surface area contributed by atoms with Crippen LogP contribution in [-0.4, -0.2) is 16.6 Å². The van der Waals surface area contributed by atoms with Crippen LogP contribution < -0.4 is 5.32 Å². The summed E-state index contributed by atoms with van der Waals surface area (Å²) in [6, 6.07) is 4.25. The summed E-state index contributed by atoms with van der Waals surface area (Å²) < 4.78 is 2.07. The van der Waals surface area contributed by atoms with Crippen LogP contribution in [0.1, 0.15) is 11.1 Å². The van der Waals surface area contributed by atoms with Crippen LogP contribution in [0.15, 0.2) is 12.1 Å². The molecule has 0 amide bonds. The second kappa shape index (κ2) is 3.01. The molecule has 1 aromatic heterocycles. The van der Waals surface area contributed by atoms with Crippen molar-refractivity contribution in [2.75, 3.05) is 12.4 Å². The third-order valence-electron chi connectivity index (χ3n) is 2.80. The van der Waals surface area contributed by atoms with E-state index < -0.39 is 0 Å². The lowest BCUT2D eigenvalue weighted by molar-refractivity contribution is 0.952. The highest BCUT2D eigenvalue weighted by molar-refractivity contribution is 5.82. The number of aryl methyl sites for hydroxylation is 3. The van der Waals surface area contributed by atoms with E-state index in [0.717, 1.165) is 11.5 Å². The minimum atomic E-state index is 0.911. The molecule has 3 heteroatoms. The van der Waals surface area contributed by atoms with Gasteiger partial charge in [-0.3, -0.25) is 0 Å². The lowest BCUT2D eigenvalue weighted by Crippen LogP contribution is -1.97. The Kier molecular flexibility index (Phi) is 1.95. The Morgan fingerprint density at radius 1 is 1.29 bits per heavy atom. The van der Waals surface area contributed by atoms with E-state index in [1.807, 2.05) is 14.1 Å². The van der Waals surface area contributed by atoms with Crippen molar-refractivity contribution in [2.45, 2.75) is 13.8 Å². The molecule has 0 atom stereocenters. The number of hydrogen-bond acceptors (Lipinski definition) is 2. The van der Waals surface area contributed by atoms with Crippen molar-refractivity contribution >= 4 is 17.0 Å². The zero-order valence-electron chi connectivity index (χ0n) is 9.05. The van der Waals surface area contributed by atoms with Gasteiger partial charge in [-0.25, -0.2) is 4.98 Å². The number of nitrogens with zero attached hydrogens (tertiary/aromatic N) is 2. The molecule has 0 spiro atoms. The molecule has 14 heavy (non-hydrogen) atoms. The Morgan fingerprint density at radius 2 is 2.00 bits per heavy atom. The summed E-state index contributed by atoms with van der Waals surface area (Å²) in [7, 11) is 3.92. The normalized spacial score (nSPS) is 10.9. The molecule has 0 radical (unpaired) electrons. The van der Waals surface area contributed by atoms with Gasteiger partial charge in [-0.1, -0.05) is 6.07 Å². The van der Waals surface area contributed by atoms with Gasteiger partial charge in [0.15, 0.2) is 0 Å². The maximum Gasteiger partial charge on any atom is 0.203 e. The highest BCUT2D eigenvalue weighted by Gasteiger charge is 2.08. The average molecular weight is 189 g/mol. The van der Waals surface area contributed by atoms with Crippen LogP contribution in [0.3, 0.4) is 0 Å². The first kappa shape index (κ1) is 9.06. The van der Waals surface area contributed by atoms with Gasteiger partial charge in [0.25, 0.3) is 0 Å². The average Bonchev–Trinajstić information content (AvgIpc) is 2.50. The van der Waals surface area contributed by atoms with E-state index in [9.17, 15) is 0 Å². The maximum atomic E-state index is 4.54. The van der Waals surface area contributed by atoms with Gasteiger partial charge in [-0.15, -0.1) is 0 Å². The Hall–Kier alpha value is -1.51. The van der Waals surface area contributed by atoms with Crippen LogP contribution in [0.5, 0.6) is 0 Å². The lowest BCUT2D eigenvalue weighted by atomic mass is 10.1. The first-order chi connectivity index (χ1) is 6.65. The highest BCUT2D eigenvalue weighted by atomic mass is 15.2. The summed E-state index contributed by atoms with van der Waals surface area (Å²) in [4.78, 5) is 4.54. The molecule has 1 heterocycles. The largest absolute Gasteiger partial charge is 0.359 e. The standard InChI is InChI=1S/C11H15N3/c1-7-5-6-9-10(8(7)2)13-11(12-3)14(9)4/h5-6H,1-4H3,(H,12,13). The van der Waals surface area contributed by atoms with Gasteiger partial charge in [0, 0.05) is 14.1 Å². The van der Waals surface area contributed by atoms with Gasteiger partial charge in [0.2, 0.25) is 5.95 Å². The first-order valence-corrected chi connectivity index (χ1v) is 4.75. The first-order valence-electron chi connectivity index (χ1n) is 4.75. The van der Waals surface area contributed by atoms with Gasteiger partial charge in [-0.05, 0) is 31.0 Å². The van der Waals surface area contributed by atoms with E-state index in [-0.39, 0.29) is 0 Å². The number of imidazole rings is 1. The Balaban J connectivity index is 2.85. The van der Waals surface area contributed by atoms with Crippen molar-refractivity contribution in [3.8, 4) is 0 Å².